The van der Waals surface area contributed by atoms with E-state index in [2.05, 4.69) is 29.2 Å². The summed E-state index contributed by atoms with van der Waals surface area (Å²) in [7, 11) is 0. The van der Waals surface area contributed by atoms with Gasteiger partial charge in [0, 0.05) is 24.2 Å². The molecule has 3 heteroatoms. The summed E-state index contributed by atoms with van der Waals surface area (Å²) in [5.41, 5.74) is 1.34. The third kappa shape index (κ3) is 2.30. The van der Waals surface area contributed by atoms with Crippen molar-refractivity contribution in [1.82, 2.24) is 4.98 Å². The van der Waals surface area contributed by atoms with Crippen molar-refractivity contribution in [3.8, 4) is 0 Å². The van der Waals surface area contributed by atoms with Gasteiger partial charge in [0.05, 0.1) is 13.2 Å². The fourth-order valence-corrected chi connectivity index (χ4v) is 2.25. The van der Waals surface area contributed by atoms with Crippen molar-refractivity contribution in [2.24, 2.45) is 0 Å². The zero-order valence-corrected chi connectivity index (χ0v) is 9.63. The molecule has 88 valence electrons. The summed E-state index contributed by atoms with van der Waals surface area (Å²) in [5.74, 6) is 0. The van der Waals surface area contributed by atoms with Gasteiger partial charge in [0.15, 0.2) is 6.29 Å². The van der Waals surface area contributed by atoms with E-state index < -0.39 is 0 Å². The van der Waals surface area contributed by atoms with Crippen molar-refractivity contribution in [1.29, 1.82) is 0 Å². The molecular formula is C14H15NO2. The van der Waals surface area contributed by atoms with Gasteiger partial charge in [-0.3, -0.25) is 4.98 Å². The molecule has 0 aliphatic carbocycles. The van der Waals surface area contributed by atoms with Crippen molar-refractivity contribution >= 4 is 10.8 Å². The molecule has 1 fully saturated rings. The Balaban J connectivity index is 1.79. The first-order valence-electron chi connectivity index (χ1n) is 5.98. The smallest absolute Gasteiger partial charge is 0.158 e. The second-order valence-electron chi connectivity index (χ2n) is 4.22. The average molecular weight is 229 g/mol. The number of ether oxygens (including phenoxy) is 2. The van der Waals surface area contributed by atoms with Crippen LogP contribution in [0.15, 0.2) is 36.7 Å². The van der Waals surface area contributed by atoms with E-state index in [-0.39, 0.29) is 6.29 Å². The maximum Gasteiger partial charge on any atom is 0.158 e. The Bertz CT molecular complexity index is 501. The standard InChI is InChI=1S/C14H15NO2/c1-2-11(4-5-14-16-8-9-17-14)13-6-7-15-10-12(13)3-1/h1-3,6-7,10,14H,4-5,8-9H2. The van der Waals surface area contributed by atoms with E-state index >= 15 is 0 Å². The van der Waals surface area contributed by atoms with Crippen LogP contribution >= 0.6 is 0 Å². The third-order valence-electron chi connectivity index (χ3n) is 3.11. The van der Waals surface area contributed by atoms with Crippen LogP contribution in [0, 0.1) is 0 Å². The van der Waals surface area contributed by atoms with E-state index in [0.717, 1.165) is 26.1 Å². The van der Waals surface area contributed by atoms with Crippen LogP contribution in [0.1, 0.15) is 12.0 Å². The first-order valence-corrected chi connectivity index (χ1v) is 5.98. The highest BCUT2D eigenvalue weighted by atomic mass is 16.7. The van der Waals surface area contributed by atoms with Gasteiger partial charge in [0.2, 0.25) is 0 Å². The molecule has 0 atom stereocenters. The van der Waals surface area contributed by atoms with Crippen LogP contribution < -0.4 is 0 Å². The lowest BCUT2D eigenvalue weighted by Crippen LogP contribution is -2.08. The van der Waals surface area contributed by atoms with Gasteiger partial charge in [-0.25, -0.2) is 0 Å². The SMILES string of the molecule is c1cc(CCC2OCCO2)c2ccncc2c1. The average Bonchev–Trinajstić information content (AvgIpc) is 2.89. The molecule has 3 rings (SSSR count). The van der Waals surface area contributed by atoms with Crippen LogP contribution in [-0.2, 0) is 15.9 Å². The Kier molecular flexibility index (Phi) is 3.03. The van der Waals surface area contributed by atoms with Gasteiger partial charge in [-0.2, -0.15) is 0 Å². The Morgan fingerprint density at radius 1 is 1.18 bits per heavy atom. The number of pyridine rings is 1. The molecule has 0 spiro atoms. The second kappa shape index (κ2) is 4.82. The molecule has 0 saturated carbocycles. The Morgan fingerprint density at radius 2 is 2.06 bits per heavy atom. The van der Waals surface area contributed by atoms with Gasteiger partial charge in [0.25, 0.3) is 0 Å². The summed E-state index contributed by atoms with van der Waals surface area (Å²) in [6, 6.07) is 8.41. The maximum atomic E-state index is 5.45. The van der Waals surface area contributed by atoms with Crippen molar-refractivity contribution in [3.05, 3.63) is 42.2 Å². The molecule has 0 unspecified atom stereocenters. The molecule has 0 bridgehead atoms. The Labute approximate surface area is 100 Å². The van der Waals surface area contributed by atoms with Gasteiger partial charge in [-0.05, 0) is 23.4 Å². The van der Waals surface area contributed by atoms with Crippen molar-refractivity contribution in [2.45, 2.75) is 19.1 Å². The molecule has 0 radical (unpaired) electrons. The summed E-state index contributed by atoms with van der Waals surface area (Å²) in [5, 5.41) is 2.47. The molecule has 1 aliphatic heterocycles. The summed E-state index contributed by atoms with van der Waals surface area (Å²) < 4.78 is 10.9. The number of benzene rings is 1. The second-order valence-corrected chi connectivity index (χ2v) is 4.22. The van der Waals surface area contributed by atoms with E-state index in [0.29, 0.717) is 0 Å². The number of hydrogen-bond acceptors (Lipinski definition) is 3. The topological polar surface area (TPSA) is 31.4 Å². The number of nitrogens with zero attached hydrogens (tertiary/aromatic N) is 1. The molecule has 0 N–H and O–H groups in total. The highest BCUT2D eigenvalue weighted by Gasteiger charge is 2.15. The lowest BCUT2D eigenvalue weighted by atomic mass is 10.0. The van der Waals surface area contributed by atoms with Crippen molar-refractivity contribution in [2.75, 3.05) is 13.2 Å². The summed E-state index contributed by atoms with van der Waals surface area (Å²) in [6.45, 7) is 1.45. The highest BCUT2D eigenvalue weighted by molar-refractivity contribution is 5.84. The van der Waals surface area contributed by atoms with E-state index in [4.69, 9.17) is 9.47 Å². The van der Waals surface area contributed by atoms with Gasteiger partial charge in [0.1, 0.15) is 0 Å². The number of aryl methyl sites for hydroxylation is 1. The first kappa shape index (κ1) is 10.7. The quantitative estimate of drug-likeness (QED) is 0.810. The first-order chi connectivity index (χ1) is 8.43. The minimum absolute atomic E-state index is 0.0212. The Morgan fingerprint density at radius 3 is 2.94 bits per heavy atom. The number of aromatic nitrogens is 1. The molecule has 3 nitrogen and oxygen atoms in total. The maximum absolute atomic E-state index is 5.45. The molecule has 1 saturated heterocycles. The van der Waals surface area contributed by atoms with E-state index in [1.165, 1.54) is 16.3 Å². The minimum Gasteiger partial charge on any atom is -0.350 e. The predicted molar refractivity (Wildman–Crippen MR) is 65.8 cm³/mol. The lowest BCUT2D eigenvalue weighted by molar-refractivity contribution is -0.0461. The molecule has 2 aromatic rings. The van der Waals surface area contributed by atoms with Gasteiger partial charge >= 0.3 is 0 Å². The predicted octanol–water partition coefficient (Wildman–Crippen LogP) is 2.54. The minimum atomic E-state index is -0.0212. The molecule has 1 aromatic heterocycles. The van der Waals surface area contributed by atoms with Crippen LogP contribution in [0.25, 0.3) is 10.8 Å². The zero-order chi connectivity index (χ0) is 11.5. The normalized spacial score (nSPS) is 16.7. The van der Waals surface area contributed by atoms with E-state index in [1.807, 2.05) is 12.4 Å². The summed E-state index contributed by atoms with van der Waals surface area (Å²) in [4.78, 5) is 4.14. The summed E-state index contributed by atoms with van der Waals surface area (Å²) in [6.07, 6.45) is 5.62. The van der Waals surface area contributed by atoms with Crippen molar-refractivity contribution in [3.63, 3.8) is 0 Å². The van der Waals surface area contributed by atoms with E-state index in [1.54, 1.807) is 0 Å². The summed E-state index contributed by atoms with van der Waals surface area (Å²) >= 11 is 0. The molecular weight excluding hydrogens is 214 g/mol. The van der Waals surface area contributed by atoms with Crippen LogP contribution in [0.3, 0.4) is 0 Å². The fourth-order valence-electron chi connectivity index (χ4n) is 2.25. The number of hydrogen-bond donors (Lipinski definition) is 0. The fraction of sp³-hybridized carbons (Fsp3) is 0.357. The van der Waals surface area contributed by atoms with E-state index in [9.17, 15) is 0 Å². The molecule has 1 aliphatic rings. The van der Waals surface area contributed by atoms with Gasteiger partial charge < -0.3 is 9.47 Å². The molecule has 2 heterocycles. The monoisotopic (exact) mass is 229 g/mol. The van der Waals surface area contributed by atoms with Gasteiger partial charge in [-0.15, -0.1) is 0 Å². The zero-order valence-electron chi connectivity index (χ0n) is 9.63. The largest absolute Gasteiger partial charge is 0.350 e. The third-order valence-corrected chi connectivity index (χ3v) is 3.11. The van der Waals surface area contributed by atoms with Crippen molar-refractivity contribution < 1.29 is 9.47 Å². The number of rotatable bonds is 3. The van der Waals surface area contributed by atoms with Crippen LogP contribution in [0.2, 0.25) is 0 Å². The molecule has 0 amide bonds. The van der Waals surface area contributed by atoms with Crippen LogP contribution in [0.5, 0.6) is 0 Å². The highest BCUT2D eigenvalue weighted by Crippen LogP contribution is 2.20. The van der Waals surface area contributed by atoms with Crippen LogP contribution in [0.4, 0.5) is 0 Å². The molecule has 17 heavy (non-hydrogen) atoms. The van der Waals surface area contributed by atoms with Gasteiger partial charge in [-0.1, -0.05) is 18.2 Å². The lowest BCUT2D eigenvalue weighted by Gasteiger charge is -2.10. The number of fused-ring (bicyclic) bond motifs is 1. The Hall–Kier alpha value is -1.45. The van der Waals surface area contributed by atoms with Crippen LogP contribution in [-0.4, -0.2) is 24.5 Å². The molecule has 1 aromatic carbocycles.